The van der Waals surface area contributed by atoms with Gasteiger partial charge in [0.1, 0.15) is 13.2 Å². The fourth-order valence-electron chi connectivity index (χ4n) is 10.5. The molecule has 2 atom stereocenters. The van der Waals surface area contributed by atoms with Crippen LogP contribution in [0.15, 0.2) is 0 Å². The summed E-state index contributed by atoms with van der Waals surface area (Å²) in [6.07, 6.45) is 30.2. The maximum absolute atomic E-state index is 13.4. The van der Waals surface area contributed by atoms with Gasteiger partial charge in [0, 0.05) is 19.3 Å². The lowest BCUT2D eigenvalue weighted by Gasteiger charge is -2.56. The van der Waals surface area contributed by atoms with E-state index < -0.39 is 24.3 Å². The topological polar surface area (TPSA) is 155 Å². The highest BCUT2D eigenvalue weighted by atomic mass is 16.6. The van der Waals surface area contributed by atoms with Crippen LogP contribution in [0.4, 0.5) is 0 Å². The van der Waals surface area contributed by atoms with Gasteiger partial charge in [-0.25, -0.2) is 0 Å². The number of aliphatic hydroxyl groups excluding tert-OH is 2. The van der Waals surface area contributed by atoms with Crippen LogP contribution in [0.25, 0.3) is 0 Å². The van der Waals surface area contributed by atoms with Gasteiger partial charge in [0.15, 0.2) is 6.29 Å². The number of carbonyl (C=O) groups is 4. The van der Waals surface area contributed by atoms with Gasteiger partial charge in [-0.05, 0) is 107 Å². The van der Waals surface area contributed by atoms with Crippen LogP contribution in [0.2, 0.25) is 0 Å². The average Bonchev–Trinajstić information content (AvgIpc) is 3.24. The van der Waals surface area contributed by atoms with Crippen molar-refractivity contribution in [2.24, 2.45) is 28.6 Å². The summed E-state index contributed by atoms with van der Waals surface area (Å²) in [5, 5.41) is 21.4. The zero-order valence-electron chi connectivity index (χ0n) is 39.5. The largest absolute Gasteiger partial charge is 0.466 e. The van der Waals surface area contributed by atoms with E-state index in [4.69, 9.17) is 23.7 Å². The molecule has 2 unspecified atom stereocenters. The maximum atomic E-state index is 13.4. The molecule has 62 heavy (non-hydrogen) atoms. The summed E-state index contributed by atoms with van der Waals surface area (Å²) in [7, 11) is 0. The molecule has 0 aliphatic heterocycles. The fraction of sp³-hybridized carbons (Fsp3) is 0.922. The van der Waals surface area contributed by atoms with Crippen LogP contribution in [-0.2, 0) is 42.9 Å². The number of esters is 4. The van der Waals surface area contributed by atoms with Crippen molar-refractivity contribution in [2.45, 2.75) is 232 Å². The van der Waals surface area contributed by atoms with E-state index in [9.17, 15) is 29.4 Å². The Hall–Kier alpha value is -2.24. The number of rotatable bonds is 40. The third kappa shape index (κ3) is 23.6. The van der Waals surface area contributed by atoms with Crippen LogP contribution in [0.3, 0.4) is 0 Å². The van der Waals surface area contributed by atoms with Crippen LogP contribution in [0, 0.1) is 28.6 Å². The van der Waals surface area contributed by atoms with E-state index in [1.54, 1.807) is 0 Å². The monoisotopic (exact) mass is 879 g/mol. The maximum Gasteiger partial charge on any atom is 0.306 e. The Kier molecular flexibility index (Phi) is 28.3. The first kappa shape index (κ1) is 54.1. The van der Waals surface area contributed by atoms with Gasteiger partial charge in [0.2, 0.25) is 0 Å². The van der Waals surface area contributed by atoms with Gasteiger partial charge in [0.05, 0.1) is 38.3 Å². The van der Waals surface area contributed by atoms with E-state index >= 15 is 0 Å². The van der Waals surface area contributed by atoms with Crippen molar-refractivity contribution in [3.8, 4) is 0 Å². The molecule has 4 saturated carbocycles. The predicted molar refractivity (Wildman–Crippen MR) is 242 cm³/mol. The van der Waals surface area contributed by atoms with Crippen LogP contribution in [0.5, 0.6) is 0 Å². The zero-order chi connectivity index (χ0) is 44.7. The van der Waals surface area contributed by atoms with E-state index in [0.29, 0.717) is 75.9 Å². The second kappa shape index (κ2) is 32.4. The number of hydrogen-bond acceptors (Lipinski definition) is 11. The Balaban J connectivity index is 1.34. The normalized spacial score (nSPS) is 21.6. The minimum Gasteiger partial charge on any atom is -0.466 e. The summed E-state index contributed by atoms with van der Waals surface area (Å²) < 4.78 is 28.1. The molecule has 0 aromatic rings. The van der Waals surface area contributed by atoms with Gasteiger partial charge in [-0.3, -0.25) is 19.2 Å². The standard InChI is InChI=1S/C51H90O11/c1-3-5-7-9-11-17-23-29-58-45(53)25-19-13-15-21-27-47(55)60-39-51(38-52,41-62-49(57)37-50-34-42-31-43(35-50)33-44(32-42)36-50)40-61-48(56)28-22-16-14-20-26-46(54)59-30-24-18-12-10-8-6-4-2/h42-44,47,52,55H,3-41H2,1-2H3. The molecule has 0 amide bonds. The average molecular weight is 879 g/mol. The summed E-state index contributed by atoms with van der Waals surface area (Å²) in [5.41, 5.74) is -1.22. The Bertz CT molecular complexity index is 1190. The van der Waals surface area contributed by atoms with Crippen molar-refractivity contribution in [3.05, 3.63) is 0 Å². The second-order valence-corrected chi connectivity index (χ2v) is 19.9. The highest BCUT2D eigenvalue weighted by Crippen LogP contribution is 2.61. The molecule has 4 bridgehead atoms. The Morgan fingerprint density at radius 1 is 0.516 bits per heavy atom. The van der Waals surface area contributed by atoms with E-state index in [0.717, 1.165) is 77.0 Å². The smallest absolute Gasteiger partial charge is 0.306 e. The van der Waals surface area contributed by atoms with Crippen molar-refractivity contribution in [1.29, 1.82) is 0 Å². The van der Waals surface area contributed by atoms with Gasteiger partial charge in [-0.15, -0.1) is 0 Å². The number of carbonyl (C=O) groups excluding carboxylic acids is 4. The van der Waals surface area contributed by atoms with Crippen molar-refractivity contribution >= 4 is 23.9 Å². The number of hydrogen-bond donors (Lipinski definition) is 2. The highest BCUT2D eigenvalue weighted by molar-refractivity contribution is 5.71. The second-order valence-electron chi connectivity index (χ2n) is 19.9. The van der Waals surface area contributed by atoms with Gasteiger partial charge in [-0.2, -0.15) is 0 Å². The molecular formula is C51H90O11. The Morgan fingerprint density at radius 3 is 1.35 bits per heavy atom. The fourth-order valence-corrected chi connectivity index (χ4v) is 10.5. The third-order valence-corrected chi connectivity index (χ3v) is 13.8. The molecule has 0 heterocycles. The quantitative estimate of drug-likeness (QED) is 0.0261. The van der Waals surface area contributed by atoms with Gasteiger partial charge < -0.3 is 33.9 Å². The lowest BCUT2D eigenvalue weighted by atomic mass is 9.49. The first-order valence-corrected chi connectivity index (χ1v) is 25.6. The first-order chi connectivity index (χ1) is 30.1. The van der Waals surface area contributed by atoms with E-state index in [1.807, 2.05) is 0 Å². The van der Waals surface area contributed by atoms with Crippen molar-refractivity contribution < 1.29 is 53.1 Å². The van der Waals surface area contributed by atoms with Gasteiger partial charge in [-0.1, -0.05) is 117 Å². The van der Waals surface area contributed by atoms with Crippen LogP contribution < -0.4 is 0 Å². The molecule has 4 aliphatic carbocycles. The summed E-state index contributed by atoms with van der Waals surface area (Å²) in [6, 6.07) is 0. The number of ether oxygens (including phenoxy) is 5. The molecule has 0 aromatic carbocycles. The third-order valence-electron chi connectivity index (χ3n) is 13.8. The summed E-state index contributed by atoms with van der Waals surface area (Å²) in [4.78, 5) is 50.5. The molecular weight excluding hydrogens is 789 g/mol. The Labute approximate surface area is 376 Å². The zero-order valence-corrected chi connectivity index (χ0v) is 39.5. The van der Waals surface area contributed by atoms with Crippen molar-refractivity contribution in [2.75, 3.05) is 39.6 Å². The molecule has 0 saturated heterocycles. The molecule has 360 valence electrons. The molecule has 0 radical (unpaired) electrons. The van der Waals surface area contributed by atoms with Crippen LogP contribution in [-0.4, -0.2) is 80.0 Å². The number of unbranched alkanes of at least 4 members (excludes halogenated alkanes) is 18. The molecule has 0 aromatic heterocycles. The summed E-state index contributed by atoms with van der Waals surface area (Å²) >= 11 is 0. The van der Waals surface area contributed by atoms with Crippen LogP contribution in [0.1, 0.15) is 226 Å². The predicted octanol–water partition coefficient (Wildman–Crippen LogP) is 11.3. The molecule has 2 N–H and O–H groups in total. The molecule has 4 aliphatic rings. The van der Waals surface area contributed by atoms with E-state index in [2.05, 4.69) is 13.8 Å². The van der Waals surface area contributed by atoms with E-state index in [-0.39, 0.29) is 49.6 Å². The SMILES string of the molecule is CCCCCCCCCOC(=O)CCCCCCC(=O)OCC(CO)(COC(=O)CC12CC3CC(CC(C3)C1)C2)COC(O)CCCCCCC(=O)OCCCCCCCCC. The van der Waals surface area contributed by atoms with Crippen molar-refractivity contribution in [3.63, 3.8) is 0 Å². The molecule has 4 fully saturated rings. The first-order valence-electron chi connectivity index (χ1n) is 25.6. The highest BCUT2D eigenvalue weighted by Gasteiger charge is 2.52. The van der Waals surface area contributed by atoms with Gasteiger partial charge in [0.25, 0.3) is 0 Å². The molecule has 11 heteroatoms. The van der Waals surface area contributed by atoms with Gasteiger partial charge >= 0.3 is 23.9 Å². The lowest BCUT2D eigenvalue weighted by Crippen LogP contribution is -2.47. The minimum absolute atomic E-state index is 0.00791. The minimum atomic E-state index is -1.22. The van der Waals surface area contributed by atoms with Crippen LogP contribution >= 0.6 is 0 Å². The molecule has 11 nitrogen and oxygen atoms in total. The van der Waals surface area contributed by atoms with Crippen molar-refractivity contribution in [1.82, 2.24) is 0 Å². The molecule has 4 rings (SSSR count). The van der Waals surface area contributed by atoms with E-state index in [1.165, 1.54) is 83.5 Å². The summed E-state index contributed by atoms with van der Waals surface area (Å²) in [5.74, 6) is 1.11. The lowest BCUT2D eigenvalue weighted by molar-refractivity contribution is -0.178. The Morgan fingerprint density at radius 2 is 0.903 bits per heavy atom. The number of aliphatic hydroxyl groups is 2. The molecule has 0 spiro atoms. The summed E-state index contributed by atoms with van der Waals surface area (Å²) in [6.45, 7) is 4.40.